The molecule has 21 heavy (non-hydrogen) atoms. The molecule has 4 nitrogen and oxygen atoms in total. The molecule has 1 aliphatic heterocycles. The highest BCUT2D eigenvalue weighted by Crippen LogP contribution is 2.31. The van der Waals surface area contributed by atoms with E-state index in [4.69, 9.17) is 11.6 Å². The van der Waals surface area contributed by atoms with Crippen molar-refractivity contribution in [1.82, 2.24) is 9.97 Å². The minimum absolute atomic E-state index is 0.0170. The molecular weight excluding hydrogens is 300 g/mol. The summed E-state index contributed by atoms with van der Waals surface area (Å²) in [6, 6.07) is 1.95. The van der Waals surface area contributed by atoms with Crippen molar-refractivity contribution >= 4 is 28.3 Å². The molecule has 3 rings (SSSR count). The lowest BCUT2D eigenvalue weighted by molar-refractivity contribution is 0.0448. The van der Waals surface area contributed by atoms with Gasteiger partial charge in [-0.1, -0.05) is 0 Å². The lowest BCUT2D eigenvalue weighted by atomic mass is 9.95. The molecule has 112 valence electrons. The summed E-state index contributed by atoms with van der Waals surface area (Å²) in [7, 11) is 0. The lowest BCUT2D eigenvalue weighted by Crippen LogP contribution is -2.46. The Balaban J connectivity index is 2.17. The van der Waals surface area contributed by atoms with Crippen LogP contribution >= 0.6 is 11.6 Å². The summed E-state index contributed by atoms with van der Waals surface area (Å²) in [4.78, 5) is 9.73. The number of hydrogen-bond donors (Lipinski definition) is 1. The van der Waals surface area contributed by atoms with Crippen molar-refractivity contribution in [1.29, 1.82) is 0 Å². The van der Waals surface area contributed by atoms with E-state index in [-0.39, 0.29) is 16.2 Å². The van der Waals surface area contributed by atoms with Gasteiger partial charge in [0.2, 0.25) is 5.28 Å². The number of rotatable bonds is 1. The van der Waals surface area contributed by atoms with Crippen molar-refractivity contribution in [2.75, 3.05) is 18.0 Å². The summed E-state index contributed by atoms with van der Waals surface area (Å²) >= 11 is 5.85. The Bertz CT molecular complexity index is 708. The van der Waals surface area contributed by atoms with E-state index in [2.05, 4.69) is 9.97 Å². The first-order chi connectivity index (χ1) is 9.85. The van der Waals surface area contributed by atoms with Gasteiger partial charge in [0.05, 0.1) is 5.60 Å². The number of aromatic nitrogens is 2. The van der Waals surface area contributed by atoms with E-state index in [1.807, 2.05) is 0 Å². The van der Waals surface area contributed by atoms with Gasteiger partial charge >= 0.3 is 0 Å². The molecular formula is C14H14ClF2N3O. The number of fused-ring (bicyclic) bond motifs is 1. The predicted molar refractivity (Wildman–Crippen MR) is 76.5 cm³/mol. The molecule has 1 aromatic heterocycles. The van der Waals surface area contributed by atoms with Gasteiger partial charge in [-0.2, -0.15) is 4.98 Å². The maximum absolute atomic E-state index is 13.9. The van der Waals surface area contributed by atoms with Crippen LogP contribution in [0.15, 0.2) is 12.1 Å². The van der Waals surface area contributed by atoms with Crippen molar-refractivity contribution in [3.63, 3.8) is 0 Å². The number of nitrogens with zero attached hydrogens (tertiary/aromatic N) is 3. The van der Waals surface area contributed by atoms with Gasteiger partial charge in [0.1, 0.15) is 17.2 Å². The van der Waals surface area contributed by atoms with Crippen molar-refractivity contribution in [2.45, 2.75) is 25.4 Å². The Hall–Kier alpha value is -1.53. The molecule has 1 atom stereocenters. The Labute approximate surface area is 125 Å². The topological polar surface area (TPSA) is 49.2 Å². The molecule has 2 aromatic rings. The summed E-state index contributed by atoms with van der Waals surface area (Å²) in [6.45, 7) is 2.69. The van der Waals surface area contributed by atoms with E-state index in [1.165, 1.54) is 6.07 Å². The Morgan fingerprint density at radius 2 is 2.10 bits per heavy atom. The first-order valence-electron chi connectivity index (χ1n) is 6.65. The van der Waals surface area contributed by atoms with Gasteiger partial charge in [-0.05, 0) is 37.4 Å². The number of benzene rings is 1. The molecule has 1 saturated heterocycles. The summed E-state index contributed by atoms with van der Waals surface area (Å²) in [6.07, 6.45) is 1.43. The molecule has 1 aromatic carbocycles. The van der Waals surface area contributed by atoms with Gasteiger partial charge in [-0.15, -0.1) is 0 Å². The highest BCUT2D eigenvalue weighted by atomic mass is 35.5. The normalized spacial score (nSPS) is 22.8. The van der Waals surface area contributed by atoms with Crippen LogP contribution in [0.1, 0.15) is 19.8 Å². The van der Waals surface area contributed by atoms with Crippen LogP contribution in [0.2, 0.25) is 5.28 Å². The van der Waals surface area contributed by atoms with Gasteiger partial charge in [-0.3, -0.25) is 0 Å². The number of β-amino-alcohol motifs (C(OH)–C–C–N with tert-alkyl or cyclic N) is 1. The second kappa shape index (κ2) is 5.03. The lowest BCUT2D eigenvalue weighted by Gasteiger charge is -2.37. The Kier molecular flexibility index (Phi) is 3.45. The van der Waals surface area contributed by atoms with Crippen molar-refractivity contribution in [2.24, 2.45) is 0 Å². The third kappa shape index (κ3) is 2.78. The van der Waals surface area contributed by atoms with E-state index in [1.54, 1.807) is 11.8 Å². The van der Waals surface area contributed by atoms with Crippen LogP contribution in [-0.2, 0) is 0 Å². The van der Waals surface area contributed by atoms with E-state index < -0.39 is 17.2 Å². The molecule has 0 spiro atoms. The third-order valence-electron chi connectivity index (χ3n) is 3.65. The Morgan fingerprint density at radius 3 is 2.81 bits per heavy atom. The zero-order valence-electron chi connectivity index (χ0n) is 11.4. The van der Waals surface area contributed by atoms with Crippen molar-refractivity contribution < 1.29 is 13.9 Å². The molecule has 2 heterocycles. The summed E-state index contributed by atoms with van der Waals surface area (Å²) in [5.74, 6) is -1.13. The number of hydrogen-bond acceptors (Lipinski definition) is 4. The van der Waals surface area contributed by atoms with Gasteiger partial charge in [0, 0.05) is 24.5 Å². The van der Waals surface area contributed by atoms with E-state index in [9.17, 15) is 13.9 Å². The molecule has 0 aliphatic carbocycles. The number of piperidine rings is 1. The van der Waals surface area contributed by atoms with Crippen molar-refractivity contribution in [3.05, 3.63) is 29.1 Å². The monoisotopic (exact) mass is 313 g/mol. The molecule has 0 bridgehead atoms. The summed E-state index contributed by atoms with van der Waals surface area (Å²) < 4.78 is 27.4. The summed E-state index contributed by atoms with van der Waals surface area (Å²) in [5, 5.41) is 10.3. The van der Waals surface area contributed by atoms with Gasteiger partial charge < -0.3 is 10.0 Å². The smallest absolute Gasteiger partial charge is 0.225 e. The average molecular weight is 314 g/mol. The quantitative estimate of drug-likeness (QED) is 0.822. The number of aliphatic hydroxyl groups is 1. The van der Waals surface area contributed by atoms with Crippen LogP contribution in [0.5, 0.6) is 0 Å². The van der Waals surface area contributed by atoms with Crippen molar-refractivity contribution in [3.8, 4) is 0 Å². The fourth-order valence-electron chi connectivity index (χ4n) is 2.76. The highest BCUT2D eigenvalue weighted by Gasteiger charge is 2.30. The van der Waals surface area contributed by atoms with E-state index in [0.717, 1.165) is 12.5 Å². The standard InChI is InChI=1S/C14H14ClF2N3O/c1-14(21)3-2-4-20(7-14)12-9-5-8(16)6-10(17)11(9)18-13(15)19-12/h5-6,21H,2-4,7H2,1H3/t14-/m1/s1. The SMILES string of the molecule is C[C@@]1(O)CCCN(c2nc(Cl)nc3c(F)cc(F)cc23)C1. The zero-order valence-corrected chi connectivity index (χ0v) is 12.2. The molecule has 1 aliphatic rings. The van der Waals surface area contributed by atoms with Gasteiger partial charge in [0.25, 0.3) is 0 Å². The first-order valence-corrected chi connectivity index (χ1v) is 7.03. The van der Waals surface area contributed by atoms with Gasteiger partial charge in [-0.25, -0.2) is 13.8 Å². The molecule has 7 heteroatoms. The third-order valence-corrected chi connectivity index (χ3v) is 3.81. The molecule has 1 N–H and O–H groups in total. The largest absolute Gasteiger partial charge is 0.388 e. The molecule has 0 saturated carbocycles. The molecule has 1 fully saturated rings. The minimum atomic E-state index is -0.867. The summed E-state index contributed by atoms with van der Waals surface area (Å²) in [5.41, 5.74) is -0.884. The van der Waals surface area contributed by atoms with Crippen LogP contribution in [0.3, 0.4) is 0 Å². The van der Waals surface area contributed by atoms with Crippen LogP contribution < -0.4 is 4.90 Å². The second-order valence-corrected chi connectivity index (χ2v) is 5.96. The average Bonchev–Trinajstić information content (AvgIpc) is 2.38. The second-order valence-electron chi connectivity index (χ2n) is 5.62. The van der Waals surface area contributed by atoms with E-state index in [0.29, 0.717) is 25.3 Å². The predicted octanol–water partition coefficient (Wildman–Crippen LogP) is 2.91. The maximum Gasteiger partial charge on any atom is 0.225 e. The van der Waals surface area contributed by atoms with Gasteiger partial charge in [0.15, 0.2) is 5.82 Å². The van der Waals surface area contributed by atoms with E-state index >= 15 is 0 Å². The van der Waals surface area contributed by atoms with Crippen LogP contribution in [0.4, 0.5) is 14.6 Å². The fourth-order valence-corrected chi connectivity index (χ4v) is 2.92. The molecule has 0 amide bonds. The van der Waals surface area contributed by atoms with Crippen LogP contribution in [0, 0.1) is 11.6 Å². The highest BCUT2D eigenvalue weighted by molar-refractivity contribution is 6.28. The van der Waals surface area contributed by atoms with Crippen LogP contribution in [-0.4, -0.2) is 33.8 Å². The first kappa shape index (κ1) is 14.4. The maximum atomic E-state index is 13.9. The number of anilines is 1. The number of halogens is 3. The molecule has 0 unspecified atom stereocenters. The fraction of sp³-hybridized carbons (Fsp3) is 0.429. The Morgan fingerprint density at radius 1 is 1.33 bits per heavy atom. The molecule has 0 radical (unpaired) electrons. The van der Waals surface area contributed by atoms with Crippen LogP contribution in [0.25, 0.3) is 10.9 Å². The minimum Gasteiger partial charge on any atom is -0.388 e. The zero-order chi connectivity index (χ0) is 15.2.